The average Bonchev–Trinajstić information content (AvgIpc) is 2.17. The van der Waals surface area contributed by atoms with E-state index in [2.05, 4.69) is 31.4 Å². The number of nitrogens with one attached hydrogen (secondary N) is 2. The van der Waals surface area contributed by atoms with Crippen LogP contribution in [0.25, 0.3) is 0 Å². The first-order chi connectivity index (χ1) is 6.65. The van der Waals surface area contributed by atoms with Gasteiger partial charge in [-0.3, -0.25) is 4.79 Å². The smallest absolute Gasteiger partial charge is 0.223 e. The summed E-state index contributed by atoms with van der Waals surface area (Å²) < 4.78 is 0. The fourth-order valence-corrected chi connectivity index (χ4v) is 1.50. The second kappa shape index (κ2) is 7.80. The third-order valence-corrected chi connectivity index (χ3v) is 2.53. The van der Waals surface area contributed by atoms with Gasteiger partial charge in [0.05, 0.1) is 0 Å². The minimum absolute atomic E-state index is 0.191. The molecule has 2 N–H and O–H groups in total. The van der Waals surface area contributed by atoms with Crippen LogP contribution >= 0.6 is 0 Å². The van der Waals surface area contributed by atoms with Gasteiger partial charge in [0.2, 0.25) is 5.91 Å². The molecule has 3 heteroatoms. The highest BCUT2D eigenvalue weighted by molar-refractivity contribution is 5.78. The Balaban J connectivity index is 3.71. The fourth-order valence-electron chi connectivity index (χ4n) is 1.50. The van der Waals surface area contributed by atoms with E-state index in [1.807, 2.05) is 7.05 Å². The Kier molecular flexibility index (Phi) is 7.48. The van der Waals surface area contributed by atoms with E-state index in [-0.39, 0.29) is 11.8 Å². The van der Waals surface area contributed by atoms with Crippen LogP contribution in [0, 0.1) is 11.8 Å². The molecule has 0 aliphatic carbocycles. The van der Waals surface area contributed by atoms with Gasteiger partial charge in [0.1, 0.15) is 0 Å². The van der Waals surface area contributed by atoms with E-state index in [0.717, 1.165) is 25.9 Å². The Morgan fingerprint density at radius 2 is 1.79 bits per heavy atom. The maximum atomic E-state index is 11.6. The molecule has 0 spiro atoms. The van der Waals surface area contributed by atoms with Gasteiger partial charge in [0, 0.05) is 12.5 Å². The number of carbonyl (C=O) groups excluding carboxylic acids is 1. The molecule has 0 fully saturated rings. The van der Waals surface area contributed by atoms with Crippen LogP contribution in [0.5, 0.6) is 0 Å². The highest BCUT2D eigenvalue weighted by Gasteiger charge is 2.13. The molecule has 0 bridgehead atoms. The summed E-state index contributed by atoms with van der Waals surface area (Å²) in [5, 5.41) is 6.09. The van der Waals surface area contributed by atoms with Gasteiger partial charge >= 0.3 is 0 Å². The molecule has 0 saturated carbocycles. The first-order valence-electron chi connectivity index (χ1n) is 5.57. The van der Waals surface area contributed by atoms with E-state index < -0.39 is 0 Å². The predicted octanol–water partition coefficient (Wildman–Crippen LogP) is 1.39. The van der Waals surface area contributed by atoms with Crippen LogP contribution in [0.2, 0.25) is 0 Å². The van der Waals surface area contributed by atoms with Gasteiger partial charge in [0.25, 0.3) is 0 Å². The highest BCUT2D eigenvalue weighted by atomic mass is 16.1. The van der Waals surface area contributed by atoms with Crippen LogP contribution in [0.15, 0.2) is 0 Å². The maximum absolute atomic E-state index is 11.6. The number of hydrogen-bond acceptors (Lipinski definition) is 2. The lowest BCUT2D eigenvalue weighted by Gasteiger charge is -2.16. The number of amides is 1. The molecule has 3 nitrogen and oxygen atoms in total. The second-order valence-corrected chi connectivity index (χ2v) is 3.92. The van der Waals surface area contributed by atoms with Crippen molar-refractivity contribution in [2.75, 3.05) is 20.1 Å². The zero-order valence-electron chi connectivity index (χ0n) is 9.89. The summed E-state index contributed by atoms with van der Waals surface area (Å²) in [7, 11) is 1.93. The van der Waals surface area contributed by atoms with Crippen LogP contribution in [-0.2, 0) is 4.79 Å². The molecular formula is C11H24N2O. The van der Waals surface area contributed by atoms with Crippen molar-refractivity contribution in [1.82, 2.24) is 10.6 Å². The van der Waals surface area contributed by atoms with Crippen molar-refractivity contribution in [2.24, 2.45) is 11.8 Å². The molecule has 0 aliphatic heterocycles. The first-order valence-corrected chi connectivity index (χ1v) is 5.57. The van der Waals surface area contributed by atoms with Crippen LogP contribution in [0.1, 0.15) is 33.6 Å². The maximum Gasteiger partial charge on any atom is 0.223 e. The van der Waals surface area contributed by atoms with Gasteiger partial charge in [0.15, 0.2) is 0 Å². The number of hydrogen-bond donors (Lipinski definition) is 2. The molecule has 0 aromatic rings. The SMILES string of the molecule is CCC(CC)C(=O)NCC(C)CNC. The molecule has 1 amide bonds. The van der Waals surface area contributed by atoms with Crippen LogP contribution < -0.4 is 10.6 Å². The van der Waals surface area contributed by atoms with Crippen molar-refractivity contribution in [3.63, 3.8) is 0 Å². The Labute approximate surface area is 87.6 Å². The summed E-state index contributed by atoms with van der Waals surface area (Å²) in [6.45, 7) is 7.97. The number of rotatable bonds is 7. The Bertz CT molecular complexity index is 155. The van der Waals surface area contributed by atoms with E-state index in [0.29, 0.717) is 5.92 Å². The second-order valence-electron chi connectivity index (χ2n) is 3.92. The molecule has 0 aromatic heterocycles. The Morgan fingerprint density at radius 1 is 1.21 bits per heavy atom. The molecule has 0 aliphatic rings. The Hall–Kier alpha value is -0.570. The first kappa shape index (κ1) is 13.4. The number of carbonyl (C=O) groups is 1. The molecule has 0 heterocycles. The monoisotopic (exact) mass is 200 g/mol. The molecule has 1 atom stereocenters. The molecule has 0 radical (unpaired) electrons. The van der Waals surface area contributed by atoms with Crippen molar-refractivity contribution >= 4 is 5.91 Å². The largest absolute Gasteiger partial charge is 0.356 e. The van der Waals surface area contributed by atoms with E-state index in [1.165, 1.54) is 0 Å². The fraction of sp³-hybridized carbons (Fsp3) is 0.909. The van der Waals surface area contributed by atoms with E-state index in [9.17, 15) is 4.79 Å². The van der Waals surface area contributed by atoms with Crippen molar-refractivity contribution in [3.8, 4) is 0 Å². The van der Waals surface area contributed by atoms with Gasteiger partial charge < -0.3 is 10.6 Å². The van der Waals surface area contributed by atoms with E-state index >= 15 is 0 Å². The van der Waals surface area contributed by atoms with E-state index in [1.54, 1.807) is 0 Å². The summed E-state index contributed by atoms with van der Waals surface area (Å²) in [6, 6.07) is 0. The highest BCUT2D eigenvalue weighted by Crippen LogP contribution is 2.07. The molecule has 1 unspecified atom stereocenters. The summed E-state index contributed by atoms with van der Waals surface area (Å²) in [4.78, 5) is 11.6. The third-order valence-electron chi connectivity index (χ3n) is 2.53. The lowest BCUT2D eigenvalue weighted by atomic mass is 10.0. The van der Waals surface area contributed by atoms with Gasteiger partial charge in [-0.15, -0.1) is 0 Å². The zero-order valence-corrected chi connectivity index (χ0v) is 9.89. The Morgan fingerprint density at radius 3 is 2.21 bits per heavy atom. The molecule has 0 aromatic carbocycles. The minimum atomic E-state index is 0.191. The summed E-state index contributed by atoms with van der Waals surface area (Å²) in [5.41, 5.74) is 0. The molecule has 0 saturated heterocycles. The minimum Gasteiger partial charge on any atom is -0.356 e. The topological polar surface area (TPSA) is 41.1 Å². The van der Waals surface area contributed by atoms with Gasteiger partial charge in [-0.2, -0.15) is 0 Å². The zero-order chi connectivity index (χ0) is 11.0. The summed E-state index contributed by atoms with van der Waals surface area (Å²) in [6.07, 6.45) is 1.87. The van der Waals surface area contributed by atoms with E-state index in [4.69, 9.17) is 0 Å². The van der Waals surface area contributed by atoms with Crippen molar-refractivity contribution in [1.29, 1.82) is 0 Å². The summed E-state index contributed by atoms with van der Waals surface area (Å²) in [5.74, 6) is 0.896. The van der Waals surface area contributed by atoms with Crippen molar-refractivity contribution in [3.05, 3.63) is 0 Å². The van der Waals surface area contributed by atoms with Crippen LogP contribution in [0.4, 0.5) is 0 Å². The van der Waals surface area contributed by atoms with Crippen LogP contribution in [0.3, 0.4) is 0 Å². The van der Waals surface area contributed by atoms with Crippen molar-refractivity contribution in [2.45, 2.75) is 33.6 Å². The summed E-state index contributed by atoms with van der Waals surface area (Å²) >= 11 is 0. The van der Waals surface area contributed by atoms with Gasteiger partial charge in [-0.25, -0.2) is 0 Å². The predicted molar refractivity (Wildman–Crippen MR) is 60.2 cm³/mol. The van der Waals surface area contributed by atoms with Gasteiger partial charge in [-0.1, -0.05) is 20.8 Å². The third kappa shape index (κ3) is 5.22. The van der Waals surface area contributed by atoms with Gasteiger partial charge in [-0.05, 0) is 32.4 Å². The molecule has 0 rings (SSSR count). The standard InChI is InChI=1S/C11H24N2O/c1-5-10(6-2)11(14)13-8-9(3)7-12-4/h9-10,12H,5-8H2,1-4H3,(H,13,14). The molecule has 84 valence electrons. The lowest BCUT2D eigenvalue weighted by molar-refractivity contribution is -0.125. The normalized spacial score (nSPS) is 12.9. The molecular weight excluding hydrogens is 176 g/mol. The quantitative estimate of drug-likeness (QED) is 0.652. The average molecular weight is 200 g/mol. The molecule has 14 heavy (non-hydrogen) atoms. The van der Waals surface area contributed by atoms with Crippen molar-refractivity contribution < 1.29 is 4.79 Å². The lowest BCUT2D eigenvalue weighted by Crippen LogP contribution is -2.35. The van der Waals surface area contributed by atoms with Crippen LogP contribution in [-0.4, -0.2) is 26.0 Å².